The van der Waals surface area contributed by atoms with Crippen LogP contribution in [0.15, 0.2) is 24.3 Å². The summed E-state index contributed by atoms with van der Waals surface area (Å²) in [6, 6.07) is 8.43. The molecule has 108 valence electrons. The van der Waals surface area contributed by atoms with Crippen molar-refractivity contribution in [3.63, 3.8) is 0 Å². The van der Waals surface area contributed by atoms with Crippen molar-refractivity contribution >= 4 is 0 Å². The summed E-state index contributed by atoms with van der Waals surface area (Å²) < 4.78 is 10.2. The van der Waals surface area contributed by atoms with E-state index in [4.69, 9.17) is 9.47 Å². The van der Waals surface area contributed by atoms with Gasteiger partial charge in [-0.3, -0.25) is 0 Å². The monoisotopic (exact) mass is 266 g/mol. The van der Waals surface area contributed by atoms with Gasteiger partial charge < -0.3 is 14.6 Å². The fraction of sp³-hybridized carbons (Fsp3) is 0.625. The molecule has 0 aliphatic carbocycles. The quantitative estimate of drug-likeness (QED) is 0.771. The molecule has 0 radical (unpaired) electrons. The fourth-order valence-electron chi connectivity index (χ4n) is 1.83. The van der Waals surface area contributed by atoms with Gasteiger partial charge in [-0.15, -0.1) is 0 Å². The molecule has 0 heterocycles. The van der Waals surface area contributed by atoms with E-state index in [1.54, 1.807) is 7.11 Å². The summed E-state index contributed by atoms with van der Waals surface area (Å²) in [4.78, 5) is 0. The van der Waals surface area contributed by atoms with Crippen molar-refractivity contribution in [2.45, 2.75) is 38.7 Å². The second kappa shape index (κ2) is 7.63. The van der Waals surface area contributed by atoms with Crippen LogP contribution in [-0.4, -0.2) is 38.1 Å². The number of methoxy groups -OCH3 is 1. The third-order valence-electron chi connectivity index (χ3n) is 3.03. The Labute approximate surface area is 116 Å². The molecular formula is C16H26O3. The molecule has 1 N–H and O–H groups in total. The van der Waals surface area contributed by atoms with Crippen LogP contribution in [0.1, 0.15) is 31.9 Å². The minimum atomic E-state index is -0.461. The van der Waals surface area contributed by atoms with Crippen LogP contribution in [0.3, 0.4) is 0 Å². The second-order valence-electron chi connectivity index (χ2n) is 5.87. The first-order valence-corrected chi connectivity index (χ1v) is 6.77. The Morgan fingerprint density at radius 2 is 1.74 bits per heavy atom. The van der Waals surface area contributed by atoms with Crippen LogP contribution in [0.25, 0.3) is 0 Å². The van der Waals surface area contributed by atoms with Gasteiger partial charge in [0.15, 0.2) is 0 Å². The van der Waals surface area contributed by atoms with E-state index < -0.39 is 6.10 Å². The van der Waals surface area contributed by atoms with E-state index in [0.717, 1.165) is 5.56 Å². The number of aliphatic hydroxyl groups is 1. The number of rotatable bonds is 7. The van der Waals surface area contributed by atoms with Crippen LogP contribution in [0.2, 0.25) is 0 Å². The summed E-state index contributed by atoms with van der Waals surface area (Å²) in [5.74, 6) is 0. The maximum atomic E-state index is 9.87. The third kappa shape index (κ3) is 6.19. The Balaban J connectivity index is 2.40. The molecule has 0 aliphatic rings. The number of hydrogen-bond acceptors (Lipinski definition) is 3. The van der Waals surface area contributed by atoms with E-state index in [1.807, 2.05) is 0 Å². The van der Waals surface area contributed by atoms with E-state index in [-0.39, 0.29) is 5.41 Å². The number of hydrogen-bond donors (Lipinski definition) is 1. The lowest BCUT2D eigenvalue weighted by atomic mass is 9.86. The van der Waals surface area contributed by atoms with Crippen LogP contribution < -0.4 is 0 Å². The second-order valence-corrected chi connectivity index (χ2v) is 5.87. The molecule has 0 aliphatic heterocycles. The average molecular weight is 266 g/mol. The zero-order valence-corrected chi connectivity index (χ0v) is 12.5. The van der Waals surface area contributed by atoms with Crippen LogP contribution in [0.4, 0.5) is 0 Å². The first-order chi connectivity index (χ1) is 8.93. The number of benzene rings is 1. The number of aliphatic hydroxyl groups excluding tert-OH is 1. The normalized spacial score (nSPS) is 13.5. The van der Waals surface area contributed by atoms with E-state index in [1.165, 1.54) is 5.56 Å². The molecule has 19 heavy (non-hydrogen) atoms. The van der Waals surface area contributed by atoms with E-state index in [0.29, 0.717) is 26.2 Å². The summed E-state index contributed by atoms with van der Waals surface area (Å²) in [5, 5.41) is 9.87. The molecule has 0 bridgehead atoms. The molecule has 1 aromatic rings. The molecule has 1 rings (SSSR count). The van der Waals surface area contributed by atoms with Crippen molar-refractivity contribution in [3.05, 3.63) is 35.4 Å². The standard InChI is InChI=1S/C16H26O3/c1-16(2,3)14-7-5-13(6-8-14)11-15(17)12-19-10-9-18-4/h5-8,15,17H,9-12H2,1-4H3. The van der Waals surface area contributed by atoms with Gasteiger partial charge in [-0.1, -0.05) is 45.0 Å². The fourth-order valence-corrected chi connectivity index (χ4v) is 1.83. The first kappa shape index (κ1) is 16.2. The Hall–Kier alpha value is -0.900. The maximum absolute atomic E-state index is 9.87. The smallest absolute Gasteiger partial charge is 0.0813 e. The predicted octanol–water partition coefficient (Wildman–Crippen LogP) is 2.55. The van der Waals surface area contributed by atoms with Crippen molar-refractivity contribution < 1.29 is 14.6 Å². The molecule has 1 aromatic carbocycles. The molecule has 0 fully saturated rings. The van der Waals surface area contributed by atoms with Gasteiger partial charge in [0.2, 0.25) is 0 Å². The summed E-state index contributed by atoms with van der Waals surface area (Å²) in [5.41, 5.74) is 2.61. The molecule has 0 amide bonds. The Bertz CT molecular complexity index is 351. The maximum Gasteiger partial charge on any atom is 0.0813 e. The van der Waals surface area contributed by atoms with Crippen LogP contribution in [0.5, 0.6) is 0 Å². The average Bonchev–Trinajstić information content (AvgIpc) is 2.34. The Kier molecular flexibility index (Phi) is 6.49. The van der Waals surface area contributed by atoms with Gasteiger partial charge in [0.25, 0.3) is 0 Å². The van der Waals surface area contributed by atoms with Crippen molar-refractivity contribution in [1.82, 2.24) is 0 Å². The first-order valence-electron chi connectivity index (χ1n) is 6.77. The van der Waals surface area contributed by atoms with E-state index >= 15 is 0 Å². The predicted molar refractivity (Wildman–Crippen MR) is 77.5 cm³/mol. The van der Waals surface area contributed by atoms with Gasteiger partial charge in [0, 0.05) is 13.5 Å². The lowest BCUT2D eigenvalue weighted by Gasteiger charge is -2.19. The Morgan fingerprint density at radius 3 is 2.26 bits per heavy atom. The highest BCUT2D eigenvalue weighted by Gasteiger charge is 2.13. The topological polar surface area (TPSA) is 38.7 Å². The van der Waals surface area contributed by atoms with Gasteiger partial charge >= 0.3 is 0 Å². The Morgan fingerprint density at radius 1 is 1.11 bits per heavy atom. The summed E-state index contributed by atoms with van der Waals surface area (Å²) >= 11 is 0. The highest BCUT2D eigenvalue weighted by Crippen LogP contribution is 2.22. The van der Waals surface area contributed by atoms with E-state index in [9.17, 15) is 5.11 Å². The van der Waals surface area contributed by atoms with Gasteiger partial charge in [-0.05, 0) is 16.5 Å². The molecule has 1 atom stereocenters. The van der Waals surface area contributed by atoms with Crippen LogP contribution >= 0.6 is 0 Å². The van der Waals surface area contributed by atoms with Crippen LogP contribution in [-0.2, 0) is 21.3 Å². The lowest BCUT2D eigenvalue weighted by Crippen LogP contribution is -2.19. The largest absolute Gasteiger partial charge is 0.390 e. The van der Waals surface area contributed by atoms with Crippen molar-refractivity contribution in [1.29, 1.82) is 0 Å². The minimum Gasteiger partial charge on any atom is -0.390 e. The lowest BCUT2D eigenvalue weighted by molar-refractivity contribution is 0.0137. The molecule has 0 saturated carbocycles. The van der Waals surface area contributed by atoms with Crippen molar-refractivity contribution in [3.8, 4) is 0 Å². The highest BCUT2D eigenvalue weighted by molar-refractivity contribution is 5.27. The summed E-state index contributed by atoms with van der Waals surface area (Å²) in [6.07, 6.45) is 0.162. The van der Waals surface area contributed by atoms with Gasteiger partial charge in [0.05, 0.1) is 25.9 Å². The van der Waals surface area contributed by atoms with Crippen molar-refractivity contribution in [2.24, 2.45) is 0 Å². The number of ether oxygens (including phenoxy) is 2. The molecule has 3 heteroatoms. The summed E-state index contributed by atoms with van der Waals surface area (Å²) in [7, 11) is 1.64. The van der Waals surface area contributed by atoms with Crippen molar-refractivity contribution in [2.75, 3.05) is 26.9 Å². The molecule has 0 spiro atoms. The van der Waals surface area contributed by atoms with E-state index in [2.05, 4.69) is 45.0 Å². The summed E-state index contributed by atoms with van der Waals surface area (Å²) in [6.45, 7) is 8.02. The molecule has 0 saturated heterocycles. The zero-order valence-electron chi connectivity index (χ0n) is 12.5. The third-order valence-corrected chi connectivity index (χ3v) is 3.03. The molecule has 1 unspecified atom stereocenters. The van der Waals surface area contributed by atoms with Crippen LogP contribution in [0, 0.1) is 0 Å². The SMILES string of the molecule is COCCOCC(O)Cc1ccc(C(C)(C)C)cc1. The van der Waals surface area contributed by atoms with Gasteiger partial charge in [-0.2, -0.15) is 0 Å². The van der Waals surface area contributed by atoms with Gasteiger partial charge in [0.1, 0.15) is 0 Å². The highest BCUT2D eigenvalue weighted by atomic mass is 16.5. The molecule has 0 aromatic heterocycles. The van der Waals surface area contributed by atoms with Gasteiger partial charge in [-0.25, -0.2) is 0 Å². The zero-order chi connectivity index (χ0) is 14.3. The minimum absolute atomic E-state index is 0.167. The molecule has 3 nitrogen and oxygen atoms in total. The molecular weight excluding hydrogens is 240 g/mol.